The summed E-state index contributed by atoms with van der Waals surface area (Å²) in [4.78, 5) is 11.7. The summed E-state index contributed by atoms with van der Waals surface area (Å²) >= 11 is 0. The zero-order valence-corrected chi connectivity index (χ0v) is 9.08. The number of hydrogen-bond acceptors (Lipinski definition) is 2. The Labute approximate surface area is 89.9 Å². The van der Waals surface area contributed by atoms with Gasteiger partial charge in [-0.25, -0.2) is 0 Å². The molecular weight excluding hydrogens is 188 g/mol. The van der Waals surface area contributed by atoms with Crippen molar-refractivity contribution in [3.63, 3.8) is 0 Å². The van der Waals surface area contributed by atoms with Crippen molar-refractivity contribution < 1.29 is 4.79 Å². The Morgan fingerprint density at radius 1 is 1.40 bits per heavy atom. The van der Waals surface area contributed by atoms with Gasteiger partial charge in [0.25, 0.3) is 0 Å². The average Bonchev–Trinajstić information content (AvgIpc) is 2.17. The molecule has 0 radical (unpaired) electrons. The molecule has 2 atom stereocenters. The molecule has 1 heterocycles. The number of carbonyl (C=O) groups is 1. The molecule has 3 heteroatoms. The van der Waals surface area contributed by atoms with Gasteiger partial charge in [0.15, 0.2) is 0 Å². The highest BCUT2D eigenvalue weighted by Gasteiger charge is 2.26. The van der Waals surface area contributed by atoms with Crippen LogP contribution in [0.25, 0.3) is 0 Å². The quantitative estimate of drug-likeness (QED) is 0.720. The molecule has 1 aliphatic heterocycles. The minimum Gasteiger partial charge on any atom is -0.351 e. The van der Waals surface area contributed by atoms with E-state index in [0.717, 1.165) is 12.1 Å². The number of carbonyl (C=O) groups excluding carboxylic acids is 1. The van der Waals surface area contributed by atoms with Crippen molar-refractivity contribution in [3.05, 3.63) is 35.4 Å². The molecule has 1 saturated heterocycles. The summed E-state index contributed by atoms with van der Waals surface area (Å²) in [5, 5.41) is 6.20. The van der Waals surface area contributed by atoms with E-state index < -0.39 is 0 Å². The third-order valence-corrected chi connectivity index (χ3v) is 2.65. The van der Waals surface area contributed by atoms with Gasteiger partial charge >= 0.3 is 0 Å². The van der Waals surface area contributed by atoms with Crippen LogP contribution in [-0.4, -0.2) is 18.5 Å². The molecule has 1 aliphatic rings. The molecule has 0 saturated carbocycles. The highest BCUT2D eigenvalue weighted by atomic mass is 16.2. The summed E-state index contributed by atoms with van der Waals surface area (Å²) < 4.78 is 0. The second kappa shape index (κ2) is 4.03. The Balaban J connectivity index is 2.20. The lowest BCUT2D eigenvalue weighted by Gasteiger charge is -2.28. The summed E-state index contributed by atoms with van der Waals surface area (Å²) in [7, 11) is 0. The molecule has 0 unspecified atom stereocenters. The molecular formula is C12H16N2O. The summed E-state index contributed by atoms with van der Waals surface area (Å²) in [5.74, 6) is 0.0688. The van der Waals surface area contributed by atoms with E-state index in [2.05, 4.69) is 10.6 Å². The van der Waals surface area contributed by atoms with Crippen LogP contribution in [0.5, 0.6) is 0 Å². The van der Waals surface area contributed by atoms with Crippen LogP contribution < -0.4 is 10.6 Å². The van der Waals surface area contributed by atoms with E-state index in [4.69, 9.17) is 0 Å². The smallest absolute Gasteiger partial charge is 0.241 e. The van der Waals surface area contributed by atoms with Crippen LogP contribution in [0.1, 0.15) is 24.1 Å². The second-order valence-electron chi connectivity index (χ2n) is 4.17. The Morgan fingerprint density at radius 2 is 2.20 bits per heavy atom. The van der Waals surface area contributed by atoms with Crippen molar-refractivity contribution >= 4 is 5.91 Å². The highest BCUT2D eigenvalue weighted by molar-refractivity contribution is 5.84. The van der Waals surface area contributed by atoms with Gasteiger partial charge in [-0.05, 0) is 19.4 Å². The van der Waals surface area contributed by atoms with E-state index in [1.165, 1.54) is 5.56 Å². The van der Waals surface area contributed by atoms with Crippen LogP contribution in [0.15, 0.2) is 24.3 Å². The van der Waals surface area contributed by atoms with Gasteiger partial charge in [0.2, 0.25) is 5.91 Å². The van der Waals surface area contributed by atoms with Gasteiger partial charge in [0, 0.05) is 12.6 Å². The lowest BCUT2D eigenvalue weighted by atomic mass is 10.0. The molecule has 0 aliphatic carbocycles. The summed E-state index contributed by atoms with van der Waals surface area (Å²) in [6.07, 6.45) is 0. The summed E-state index contributed by atoms with van der Waals surface area (Å²) in [6.45, 7) is 4.86. The normalized spacial score (nSPS) is 26.1. The van der Waals surface area contributed by atoms with Crippen LogP contribution in [0.2, 0.25) is 0 Å². The van der Waals surface area contributed by atoms with Crippen molar-refractivity contribution in [2.45, 2.75) is 25.9 Å². The standard InChI is InChI=1S/C12H16N2O/c1-8-4-3-5-10(6-8)11-12(15)14-9(2)7-13-11/h3-6,9,11,13H,7H2,1-2H3,(H,14,15)/t9-,11-/m0/s1. The molecule has 1 amide bonds. The Kier molecular flexibility index (Phi) is 2.73. The van der Waals surface area contributed by atoms with E-state index in [-0.39, 0.29) is 18.0 Å². The Bertz CT molecular complexity index is 376. The lowest BCUT2D eigenvalue weighted by molar-refractivity contribution is -0.125. The number of aryl methyl sites for hydroxylation is 1. The number of hydrogen-bond donors (Lipinski definition) is 2. The first-order chi connectivity index (χ1) is 7.16. The number of piperazine rings is 1. The maximum absolute atomic E-state index is 11.7. The maximum Gasteiger partial charge on any atom is 0.241 e. The average molecular weight is 204 g/mol. The molecule has 2 N–H and O–H groups in total. The van der Waals surface area contributed by atoms with E-state index in [9.17, 15) is 4.79 Å². The third kappa shape index (κ3) is 2.18. The van der Waals surface area contributed by atoms with Gasteiger partial charge in [-0.15, -0.1) is 0 Å². The highest BCUT2D eigenvalue weighted by Crippen LogP contribution is 2.16. The molecule has 0 spiro atoms. The van der Waals surface area contributed by atoms with Crippen LogP contribution >= 0.6 is 0 Å². The lowest BCUT2D eigenvalue weighted by Crippen LogP contribution is -2.52. The molecule has 2 rings (SSSR count). The van der Waals surface area contributed by atoms with Crippen molar-refractivity contribution in [1.29, 1.82) is 0 Å². The zero-order chi connectivity index (χ0) is 10.8. The van der Waals surface area contributed by atoms with Crippen LogP contribution in [0.3, 0.4) is 0 Å². The van der Waals surface area contributed by atoms with E-state index in [1.54, 1.807) is 0 Å². The van der Waals surface area contributed by atoms with Crippen LogP contribution in [0.4, 0.5) is 0 Å². The molecule has 1 fully saturated rings. The Morgan fingerprint density at radius 3 is 2.87 bits per heavy atom. The largest absolute Gasteiger partial charge is 0.351 e. The van der Waals surface area contributed by atoms with Gasteiger partial charge in [0.1, 0.15) is 6.04 Å². The minimum absolute atomic E-state index is 0.0688. The van der Waals surface area contributed by atoms with Gasteiger partial charge < -0.3 is 10.6 Å². The van der Waals surface area contributed by atoms with Crippen molar-refractivity contribution in [2.75, 3.05) is 6.54 Å². The fourth-order valence-electron chi connectivity index (χ4n) is 1.88. The molecule has 80 valence electrons. The topological polar surface area (TPSA) is 41.1 Å². The first kappa shape index (κ1) is 10.2. The first-order valence-electron chi connectivity index (χ1n) is 5.27. The molecule has 0 bridgehead atoms. The first-order valence-corrected chi connectivity index (χ1v) is 5.27. The van der Waals surface area contributed by atoms with Crippen molar-refractivity contribution in [3.8, 4) is 0 Å². The molecule has 0 aromatic heterocycles. The van der Waals surface area contributed by atoms with Gasteiger partial charge in [-0.2, -0.15) is 0 Å². The molecule has 1 aromatic rings. The second-order valence-corrected chi connectivity index (χ2v) is 4.17. The fraction of sp³-hybridized carbons (Fsp3) is 0.417. The number of amides is 1. The van der Waals surface area contributed by atoms with E-state index in [1.807, 2.05) is 38.1 Å². The van der Waals surface area contributed by atoms with Gasteiger partial charge in [0.05, 0.1) is 0 Å². The monoisotopic (exact) mass is 204 g/mol. The minimum atomic E-state index is -0.193. The molecule has 1 aromatic carbocycles. The van der Waals surface area contributed by atoms with E-state index >= 15 is 0 Å². The predicted octanol–water partition coefficient (Wildman–Crippen LogP) is 1.14. The van der Waals surface area contributed by atoms with Crippen LogP contribution in [0, 0.1) is 6.92 Å². The SMILES string of the molecule is Cc1cccc([C@@H]2NC[C@H](C)NC2=O)c1. The number of benzene rings is 1. The number of nitrogens with one attached hydrogen (secondary N) is 2. The number of rotatable bonds is 1. The Hall–Kier alpha value is -1.35. The summed E-state index contributed by atoms with van der Waals surface area (Å²) in [5.41, 5.74) is 2.22. The van der Waals surface area contributed by atoms with Crippen molar-refractivity contribution in [2.24, 2.45) is 0 Å². The van der Waals surface area contributed by atoms with Gasteiger partial charge in [-0.3, -0.25) is 4.79 Å². The third-order valence-electron chi connectivity index (χ3n) is 2.65. The van der Waals surface area contributed by atoms with E-state index in [0.29, 0.717) is 0 Å². The molecule has 3 nitrogen and oxygen atoms in total. The van der Waals surface area contributed by atoms with Crippen LogP contribution in [-0.2, 0) is 4.79 Å². The fourth-order valence-corrected chi connectivity index (χ4v) is 1.88. The maximum atomic E-state index is 11.7. The zero-order valence-electron chi connectivity index (χ0n) is 9.08. The molecule has 15 heavy (non-hydrogen) atoms. The van der Waals surface area contributed by atoms with Gasteiger partial charge in [-0.1, -0.05) is 29.8 Å². The van der Waals surface area contributed by atoms with Crippen molar-refractivity contribution in [1.82, 2.24) is 10.6 Å². The summed E-state index contributed by atoms with van der Waals surface area (Å²) in [6, 6.07) is 8.08. The predicted molar refractivity (Wildman–Crippen MR) is 59.5 cm³/mol.